The van der Waals surface area contributed by atoms with Crippen LogP contribution >= 0.6 is 28.1 Å². The van der Waals surface area contributed by atoms with Crippen LogP contribution in [-0.4, -0.2) is 36.7 Å². The third-order valence-electron chi connectivity index (χ3n) is 4.15. The lowest BCUT2D eigenvalue weighted by molar-refractivity contribution is -0.114. The molecule has 0 aromatic heterocycles. The van der Waals surface area contributed by atoms with Crippen molar-refractivity contribution in [3.63, 3.8) is 0 Å². The number of likely N-dealkylation sites (N-methyl/N-ethyl adjacent to an activating group) is 1. The number of carbonyl (C=O) groups is 1. The molecule has 140 valence electrons. The van der Waals surface area contributed by atoms with E-state index in [1.54, 1.807) is 19.1 Å². The minimum atomic E-state index is -0.168. The molecule has 1 aliphatic rings. The number of ether oxygens (including phenoxy) is 2. The molecule has 0 saturated carbocycles. The van der Waals surface area contributed by atoms with Crippen molar-refractivity contribution >= 4 is 50.9 Å². The SMILES string of the molecule is CCOc1ccc(N2C(=O)/C(=C/c3ccc(OC)c(Br)c3)N(C)C2=S)cc1. The smallest absolute Gasteiger partial charge is 0.281 e. The molecule has 1 aliphatic heterocycles. The standard InChI is InChI=1S/C20H19BrN2O3S/c1-4-26-15-8-6-14(7-9-15)23-19(24)17(22(2)20(23)27)12-13-5-10-18(25-3)16(21)11-13/h5-12H,4H2,1-3H3/b17-12-. The molecule has 27 heavy (non-hydrogen) atoms. The van der Waals surface area contributed by atoms with Gasteiger partial charge in [0.1, 0.15) is 17.2 Å². The molecule has 7 heteroatoms. The monoisotopic (exact) mass is 446 g/mol. The third kappa shape index (κ3) is 3.84. The molecule has 0 aliphatic carbocycles. The molecule has 0 unspecified atom stereocenters. The van der Waals surface area contributed by atoms with Crippen LogP contribution in [0.3, 0.4) is 0 Å². The molecule has 0 atom stereocenters. The Labute approximate surface area is 172 Å². The normalized spacial score (nSPS) is 15.6. The van der Waals surface area contributed by atoms with Gasteiger partial charge in [-0.2, -0.15) is 0 Å². The van der Waals surface area contributed by atoms with Crippen molar-refractivity contribution in [2.45, 2.75) is 6.92 Å². The fraction of sp³-hybridized carbons (Fsp3) is 0.200. The number of amides is 1. The van der Waals surface area contributed by atoms with E-state index >= 15 is 0 Å². The summed E-state index contributed by atoms with van der Waals surface area (Å²) in [7, 11) is 3.40. The minimum Gasteiger partial charge on any atom is -0.496 e. The number of halogens is 1. The van der Waals surface area contributed by atoms with Crippen LogP contribution in [0, 0.1) is 0 Å². The van der Waals surface area contributed by atoms with Crippen LogP contribution < -0.4 is 14.4 Å². The van der Waals surface area contributed by atoms with Gasteiger partial charge in [0.05, 0.1) is 23.9 Å². The van der Waals surface area contributed by atoms with Gasteiger partial charge >= 0.3 is 0 Å². The fourth-order valence-corrected chi connectivity index (χ4v) is 3.62. The van der Waals surface area contributed by atoms with Crippen LogP contribution in [0.1, 0.15) is 12.5 Å². The molecule has 3 rings (SSSR count). The Morgan fingerprint density at radius 3 is 2.48 bits per heavy atom. The Kier molecular flexibility index (Phi) is 5.82. The van der Waals surface area contributed by atoms with Gasteiger partial charge in [-0.1, -0.05) is 6.07 Å². The van der Waals surface area contributed by atoms with Gasteiger partial charge in [0, 0.05) is 7.05 Å². The predicted molar refractivity (Wildman–Crippen MR) is 114 cm³/mol. The van der Waals surface area contributed by atoms with E-state index in [1.807, 2.05) is 55.5 Å². The van der Waals surface area contributed by atoms with E-state index in [4.69, 9.17) is 21.7 Å². The quantitative estimate of drug-likeness (QED) is 0.500. The second-order valence-corrected chi connectivity index (χ2v) is 7.05. The summed E-state index contributed by atoms with van der Waals surface area (Å²) in [4.78, 5) is 16.2. The molecule has 0 radical (unpaired) electrons. The first-order chi connectivity index (χ1) is 13.0. The average Bonchev–Trinajstić information content (AvgIpc) is 2.86. The van der Waals surface area contributed by atoms with Crippen LogP contribution in [0.2, 0.25) is 0 Å². The van der Waals surface area contributed by atoms with Gasteiger partial charge in [-0.15, -0.1) is 0 Å². The second-order valence-electron chi connectivity index (χ2n) is 5.83. The maximum atomic E-state index is 13.0. The number of benzene rings is 2. The van der Waals surface area contributed by atoms with Crippen molar-refractivity contribution in [2.24, 2.45) is 0 Å². The molecular weight excluding hydrogens is 428 g/mol. The first-order valence-corrected chi connectivity index (χ1v) is 9.56. The Balaban J connectivity index is 1.91. The molecule has 0 spiro atoms. The van der Waals surface area contributed by atoms with Gasteiger partial charge in [0.15, 0.2) is 5.11 Å². The van der Waals surface area contributed by atoms with Gasteiger partial charge in [0.2, 0.25) is 0 Å². The summed E-state index contributed by atoms with van der Waals surface area (Å²) in [5, 5.41) is 0.433. The van der Waals surface area contributed by atoms with E-state index in [0.717, 1.165) is 21.5 Å². The minimum absolute atomic E-state index is 0.168. The summed E-state index contributed by atoms with van der Waals surface area (Å²) >= 11 is 8.96. The van der Waals surface area contributed by atoms with E-state index < -0.39 is 0 Å². The number of rotatable bonds is 5. The lowest BCUT2D eigenvalue weighted by Crippen LogP contribution is -2.31. The van der Waals surface area contributed by atoms with Crippen molar-refractivity contribution in [1.29, 1.82) is 0 Å². The van der Waals surface area contributed by atoms with Crippen LogP contribution in [0.5, 0.6) is 11.5 Å². The highest BCUT2D eigenvalue weighted by Gasteiger charge is 2.36. The predicted octanol–water partition coefficient (Wildman–Crippen LogP) is 4.46. The number of methoxy groups -OCH3 is 1. The Bertz CT molecular complexity index is 912. The highest BCUT2D eigenvalue weighted by Crippen LogP contribution is 2.31. The molecule has 0 N–H and O–H groups in total. The van der Waals surface area contributed by atoms with Crippen molar-refractivity contribution in [2.75, 3.05) is 25.7 Å². The van der Waals surface area contributed by atoms with Crippen LogP contribution in [0.4, 0.5) is 5.69 Å². The van der Waals surface area contributed by atoms with E-state index in [2.05, 4.69) is 15.9 Å². The number of hydrogen-bond donors (Lipinski definition) is 0. The summed E-state index contributed by atoms with van der Waals surface area (Å²) in [5.41, 5.74) is 2.08. The van der Waals surface area contributed by atoms with Gasteiger partial charge in [-0.05, 0) is 83.1 Å². The summed E-state index contributed by atoms with van der Waals surface area (Å²) < 4.78 is 11.5. The molecule has 1 heterocycles. The summed E-state index contributed by atoms with van der Waals surface area (Å²) in [6, 6.07) is 13.0. The van der Waals surface area contributed by atoms with E-state index in [9.17, 15) is 4.79 Å². The zero-order valence-corrected chi connectivity index (χ0v) is 17.6. The molecule has 1 fully saturated rings. The number of hydrogen-bond acceptors (Lipinski definition) is 4. The number of carbonyl (C=O) groups excluding carboxylic acids is 1. The van der Waals surface area contributed by atoms with Crippen LogP contribution in [0.25, 0.3) is 6.08 Å². The number of thiocarbonyl (C=S) groups is 1. The van der Waals surface area contributed by atoms with Gasteiger partial charge < -0.3 is 14.4 Å². The lowest BCUT2D eigenvalue weighted by atomic mass is 10.1. The molecular formula is C20H19BrN2O3S. The van der Waals surface area contributed by atoms with E-state index in [1.165, 1.54) is 4.90 Å². The maximum absolute atomic E-state index is 13.0. The van der Waals surface area contributed by atoms with Crippen molar-refractivity contribution in [3.8, 4) is 11.5 Å². The fourth-order valence-electron chi connectivity index (χ4n) is 2.77. The van der Waals surface area contributed by atoms with Gasteiger partial charge in [-0.3, -0.25) is 9.69 Å². The molecule has 2 aromatic carbocycles. The van der Waals surface area contributed by atoms with Crippen LogP contribution in [-0.2, 0) is 4.79 Å². The summed E-state index contributed by atoms with van der Waals surface area (Å²) in [6.07, 6.45) is 1.81. The zero-order valence-electron chi connectivity index (χ0n) is 15.2. The lowest BCUT2D eigenvalue weighted by Gasteiger charge is -2.16. The topological polar surface area (TPSA) is 42.0 Å². The van der Waals surface area contributed by atoms with Gasteiger partial charge in [0.25, 0.3) is 5.91 Å². The van der Waals surface area contributed by atoms with Crippen molar-refractivity contribution in [1.82, 2.24) is 4.90 Å². The molecule has 5 nitrogen and oxygen atoms in total. The molecule has 2 aromatic rings. The molecule has 1 amide bonds. The Morgan fingerprint density at radius 1 is 1.19 bits per heavy atom. The first-order valence-electron chi connectivity index (χ1n) is 8.36. The molecule has 1 saturated heterocycles. The average molecular weight is 447 g/mol. The highest BCUT2D eigenvalue weighted by atomic mass is 79.9. The first kappa shape index (κ1) is 19.4. The second kappa shape index (κ2) is 8.10. The Hall–Kier alpha value is -2.38. The van der Waals surface area contributed by atoms with Crippen molar-refractivity contribution < 1.29 is 14.3 Å². The maximum Gasteiger partial charge on any atom is 0.281 e. The highest BCUT2D eigenvalue weighted by molar-refractivity contribution is 9.10. The van der Waals surface area contributed by atoms with E-state index in [0.29, 0.717) is 23.1 Å². The van der Waals surface area contributed by atoms with Crippen LogP contribution in [0.15, 0.2) is 52.6 Å². The summed E-state index contributed by atoms with van der Waals surface area (Å²) in [6.45, 7) is 2.52. The number of nitrogens with zero attached hydrogens (tertiary/aromatic N) is 2. The van der Waals surface area contributed by atoms with Crippen molar-refractivity contribution in [3.05, 3.63) is 58.2 Å². The summed E-state index contributed by atoms with van der Waals surface area (Å²) in [5.74, 6) is 1.32. The van der Waals surface area contributed by atoms with E-state index in [-0.39, 0.29) is 5.91 Å². The molecule has 0 bridgehead atoms. The van der Waals surface area contributed by atoms with Gasteiger partial charge in [-0.25, -0.2) is 0 Å². The zero-order chi connectivity index (χ0) is 19.6. The largest absolute Gasteiger partial charge is 0.496 e. The number of anilines is 1. The Morgan fingerprint density at radius 2 is 1.89 bits per heavy atom. The third-order valence-corrected chi connectivity index (χ3v) is 5.22.